The lowest BCUT2D eigenvalue weighted by Crippen LogP contribution is -2.05. The van der Waals surface area contributed by atoms with Gasteiger partial charge in [-0.1, -0.05) is 55.1 Å². The molecule has 0 spiro atoms. The van der Waals surface area contributed by atoms with E-state index in [1.54, 1.807) is 6.20 Å². The quantitative estimate of drug-likeness (QED) is 0.836. The highest BCUT2D eigenvalue weighted by atomic mass is 32.2. The Morgan fingerprint density at radius 2 is 2.00 bits per heavy atom. The zero-order chi connectivity index (χ0) is 13.9. The number of benzene rings is 2. The molecule has 3 nitrogen and oxygen atoms in total. The molecule has 99 valence electrons. The fourth-order valence-electron chi connectivity index (χ4n) is 2.07. The summed E-state index contributed by atoms with van der Waals surface area (Å²) in [6.45, 7) is 2.06. The van der Waals surface area contributed by atoms with Gasteiger partial charge in [-0.3, -0.25) is 4.79 Å². The van der Waals surface area contributed by atoms with Gasteiger partial charge >= 0.3 is 0 Å². The first-order valence-corrected chi connectivity index (χ1v) is 7.28. The predicted octanol–water partition coefficient (Wildman–Crippen LogP) is 3.94. The van der Waals surface area contributed by atoms with Gasteiger partial charge in [0, 0.05) is 16.7 Å². The molecule has 2 aromatic carbocycles. The van der Waals surface area contributed by atoms with Crippen LogP contribution >= 0.6 is 11.8 Å². The molecule has 0 unspecified atom stereocenters. The van der Waals surface area contributed by atoms with E-state index in [0.717, 1.165) is 22.1 Å². The molecular formula is C16H13N2OS. The number of carbonyl (C=O) groups is 1. The third kappa shape index (κ3) is 2.47. The van der Waals surface area contributed by atoms with Crippen LogP contribution in [-0.4, -0.2) is 11.1 Å². The summed E-state index contributed by atoms with van der Waals surface area (Å²) in [5.41, 5.74) is 0.622. The van der Waals surface area contributed by atoms with Gasteiger partial charge in [0.1, 0.15) is 0 Å². The maximum atomic E-state index is 12.3. The molecule has 20 heavy (non-hydrogen) atoms. The van der Waals surface area contributed by atoms with Crippen molar-refractivity contribution in [2.45, 2.75) is 13.3 Å². The number of hydrogen-bond donors (Lipinski definition) is 0. The molecule has 0 saturated heterocycles. The second kappa shape index (κ2) is 5.51. The number of thioether (sulfide) groups is 1. The van der Waals surface area contributed by atoms with Crippen LogP contribution in [0.2, 0.25) is 0 Å². The molecule has 0 bridgehead atoms. The van der Waals surface area contributed by atoms with Crippen molar-refractivity contribution in [3.63, 3.8) is 0 Å². The number of nitrogens with zero attached hydrogens (tertiary/aromatic N) is 2. The van der Waals surface area contributed by atoms with Gasteiger partial charge in [-0.05, 0) is 23.3 Å². The zero-order valence-corrected chi connectivity index (χ0v) is 11.9. The van der Waals surface area contributed by atoms with E-state index in [2.05, 4.69) is 17.2 Å². The number of fused-ring (bicyclic) bond motifs is 1. The van der Waals surface area contributed by atoms with E-state index in [0.29, 0.717) is 10.7 Å². The standard InChI is InChI=1S/C16H13N2OS/c1-2-12-10-17-16(20-12)18-15(19)14-9-5-7-11-6-3-4-8-13(11)14/h3-10H,2H2,1H3. The van der Waals surface area contributed by atoms with Crippen LogP contribution in [0.1, 0.15) is 23.7 Å². The van der Waals surface area contributed by atoms with Crippen molar-refractivity contribution < 1.29 is 4.79 Å². The molecule has 3 rings (SSSR count). The maximum Gasteiger partial charge on any atom is 0.280 e. The summed E-state index contributed by atoms with van der Waals surface area (Å²) >= 11 is 1.46. The van der Waals surface area contributed by atoms with E-state index in [-0.39, 0.29) is 5.91 Å². The van der Waals surface area contributed by atoms with E-state index in [1.807, 2.05) is 42.5 Å². The molecule has 4 heteroatoms. The van der Waals surface area contributed by atoms with Crippen LogP contribution in [0.5, 0.6) is 0 Å². The second-order valence-electron chi connectivity index (χ2n) is 4.41. The van der Waals surface area contributed by atoms with E-state index in [4.69, 9.17) is 0 Å². The molecule has 0 atom stereocenters. The molecule has 0 fully saturated rings. The molecule has 0 saturated carbocycles. The van der Waals surface area contributed by atoms with Gasteiger partial charge < -0.3 is 0 Å². The lowest BCUT2D eigenvalue weighted by atomic mass is 10.0. The number of hydrogen-bond acceptors (Lipinski definition) is 2. The number of amidine groups is 1. The van der Waals surface area contributed by atoms with Crippen molar-refractivity contribution in [2.75, 3.05) is 0 Å². The van der Waals surface area contributed by atoms with Crippen LogP contribution in [0.4, 0.5) is 0 Å². The van der Waals surface area contributed by atoms with Crippen LogP contribution in [0.3, 0.4) is 0 Å². The molecule has 1 radical (unpaired) electrons. The average Bonchev–Trinajstić information content (AvgIpc) is 2.94. The Morgan fingerprint density at radius 1 is 1.20 bits per heavy atom. The summed E-state index contributed by atoms with van der Waals surface area (Å²) in [6.07, 6.45) is 2.69. The first-order valence-electron chi connectivity index (χ1n) is 6.46. The monoisotopic (exact) mass is 281 g/mol. The number of rotatable bonds is 2. The molecule has 1 heterocycles. The minimum Gasteiger partial charge on any atom is -0.267 e. The molecule has 1 amide bonds. The summed E-state index contributed by atoms with van der Waals surface area (Å²) in [5, 5.41) is 6.66. The van der Waals surface area contributed by atoms with Crippen LogP contribution in [-0.2, 0) is 0 Å². The largest absolute Gasteiger partial charge is 0.280 e. The molecule has 2 aromatic rings. The number of aliphatic imine (C=N–C) groups is 1. The highest BCUT2D eigenvalue weighted by Gasteiger charge is 2.15. The minimum absolute atomic E-state index is 0.237. The van der Waals surface area contributed by atoms with E-state index in [1.165, 1.54) is 11.8 Å². The third-order valence-electron chi connectivity index (χ3n) is 3.11. The summed E-state index contributed by atoms with van der Waals surface area (Å²) in [6, 6.07) is 13.5. The molecule has 0 aromatic heterocycles. The van der Waals surface area contributed by atoms with Gasteiger partial charge in [0.25, 0.3) is 5.91 Å². The van der Waals surface area contributed by atoms with Crippen LogP contribution in [0.25, 0.3) is 10.8 Å². The zero-order valence-electron chi connectivity index (χ0n) is 11.0. The summed E-state index contributed by atoms with van der Waals surface area (Å²) < 4.78 is 0. The number of carbonyl (C=O) groups excluding carboxylic acids is 1. The molecule has 1 aliphatic heterocycles. The third-order valence-corrected chi connectivity index (χ3v) is 4.14. The summed E-state index contributed by atoms with van der Waals surface area (Å²) in [4.78, 5) is 17.6. The Hall–Kier alpha value is -2.07. The normalized spacial score (nSPS) is 16.2. The lowest BCUT2D eigenvalue weighted by molar-refractivity contribution is 0.100. The molecule has 0 aliphatic carbocycles. The average molecular weight is 281 g/mol. The van der Waals surface area contributed by atoms with Crippen LogP contribution in [0, 0.1) is 0 Å². The van der Waals surface area contributed by atoms with Gasteiger partial charge in [-0.15, -0.1) is 0 Å². The molecule has 1 aliphatic rings. The van der Waals surface area contributed by atoms with Gasteiger partial charge in [0.15, 0.2) is 5.17 Å². The van der Waals surface area contributed by atoms with Crippen molar-refractivity contribution in [2.24, 2.45) is 4.99 Å². The van der Waals surface area contributed by atoms with Gasteiger partial charge in [-0.2, -0.15) is 4.99 Å². The van der Waals surface area contributed by atoms with E-state index >= 15 is 0 Å². The van der Waals surface area contributed by atoms with Gasteiger partial charge in [0.2, 0.25) is 0 Å². The Balaban J connectivity index is 1.92. The summed E-state index contributed by atoms with van der Waals surface area (Å²) in [7, 11) is 0. The smallest absolute Gasteiger partial charge is 0.267 e. The number of amides is 1. The lowest BCUT2D eigenvalue weighted by Gasteiger charge is -2.03. The van der Waals surface area contributed by atoms with Crippen LogP contribution in [0.15, 0.2) is 58.6 Å². The van der Waals surface area contributed by atoms with Crippen molar-refractivity contribution in [1.29, 1.82) is 0 Å². The van der Waals surface area contributed by atoms with Crippen molar-refractivity contribution in [3.8, 4) is 0 Å². The van der Waals surface area contributed by atoms with E-state index < -0.39 is 0 Å². The number of allylic oxidation sites excluding steroid dienone is 1. The Bertz CT molecular complexity index is 729. The fraction of sp³-hybridized carbons (Fsp3) is 0.125. The minimum atomic E-state index is -0.237. The Morgan fingerprint density at radius 3 is 2.80 bits per heavy atom. The highest BCUT2D eigenvalue weighted by molar-refractivity contribution is 8.17. The first-order chi connectivity index (χ1) is 9.78. The van der Waals surface area contributed by atoms with Crippen LogP contribution < -0.4 is 5.32 Å². The maximum absolute atomic E-state index is 12.3. The molecule has 0 N–H and O–H groups in total. The van der Waals surface area contributed by atoms with E-state index in [9.17, 15) is 4.79 Å². The summed E-state index contributed by atoms with van der Waals surface area (Å²) in [5.74, 6) is -0.237. The predicted molar refractivity (Wildman–Crippen MR) is 83.8 cm³/mol. The van der Waals surface area contributed by atoms with Gasteiger partial charge in [0.05, 0.1) is 0 Å². The fourth-order valence-corrected chi connectivity index (χ4v) is 2.79. The first kappa shape index (κ1) is 12.9. The SMILES string of the molecule is CCC1=C[N]C(=NC(=O)c2cccc3ccccc23)S1. The molecular weight excluding hydrogens is 268 g/mol. The second-order valence-corrected chi connectivity index (χ2v) is 5.50. The highest BCUT2D eigenvalue weighted by Crippen LogP contribution is 2.26. The Labute approximate surface area is 121 Å². The van der Waals surface area contributed by atoms with Gasteiger partial charge in [-0.25, -0.2) is 5.32 Å². The van der Waals surface area contributed by atoms with Crippen molar-refractivity contribution in [1.82, 2.24) is 5.32 Å². The topological polar surface area (TPSA) is 43.5 Å². The van der Waals surface area contributed by atoms with Crippen molar-refractivity contribution >= 4 is 33.6 Å². The Kier molecular flexibility index (Phi) is 3.56. The van der Waals surface area contributed by atoms with Crippen molar-refractivity contribution in [3.05, 3.63) is 59.1 Å².